The molecule has 25 heavy (non-hydrogen) atoms. The summed E-state index contributed by atoms with van der Waals surface area (Å²) in [7, 11) is 1.53. The maximum Gasteiger partial charge on any atom is 0.326 e. The predicted molar refractivity (Wildman–Crippen MR) is 89.4 cm³/mol. The molecule has 8 nitrogen and oxygen atoms in total. The smallest absolute Gasteiger partial charge is 0.326 e. The van der Waals surface area contributed by atoms with Crippen LogP contribution in [0.4, 0.5) is 0 Å². The van der Waals surface area contributed by atoms with E-state index in [2.05, 4.69) is 4.98 Å². The summed E-state index contributed by atoms with van der Waals surface area (Å²) < 4.78 is 6.22. The van der Waals surface area contributed by atoms with Crippen molar-refractivity contribution in [2.45, 2.75) is 26.0 Å². The Kier molecular flexibility index (Phi) is 5.84. The number of carbonyl (C=O) groups is 2. The van der Waals surface area contributed by atoms with Crippen LogP contribution < -0.4 is 5.56 Å². The van der Waals surface area contributed by atoms with Gasteiger partial charge in [0.2, 0.25) is 0 Å². The molecule has 0 N–H and O–H groups in total. The van der Waals surface area contributed by atoms with Crippen LogP contribution in [0.15, 0.2) is 35.4 Å². The van der Waals surface area contributed by atoms with Gasteiger partial charge in [-0.2, -0.15) is 5.26 Å². The van der Waals surface area contributed by atoms with Crippen LogP contribution >= 0.6 is 0 Å². The van der Waals surface area contributed by atoms with E-state index in [9.17, 15) is 14.4 Å². The van der Waals surface area contributed by atoms with Crippen LogP contribution in [-0.4, -0.2) is 46.0 Å². The van der Waals surface area contributed by atoms with Crippen LogP contribution in [0.1, 0.15) is 13.3 Å². The Hall–Kier alpha value is -3.21. The highest BCUT2D eigenvalue weighted by atomic mass is 16.5. The van der Waals surface area contributed by atoms with E-state index in [1.807, 2.05) is 6.07 Å². The Labute approximate surface area is 144 Å². The molecule has 0 saturated carbocycles. The molecule has 1 amide bonds. The Bertz CT molecular complexity index is 884. The summed E-state index contributed by atoms with van der Waals surface area (Å²) in [5.41, 5.74) is 0.187. The normalized spacial score (nSPS) is 11.6. The van der Waals surface area contributed by atoms with Crippen molar-refractivity contribution < 1.29 is 14.3 Å². The number of esters is 1. The fourth-order valence-corrected chi connectivity index (χ4v) is 2.28. The number of amides is 1. The Morgan fingerprint density at radius 2 is 2.12 bits per heavy atom. The number of nitriles is 1. The van der Waals surface area contributed by atoms with Gasteiger partial charge in [0.05, 0.1) is 29.7 Å². The van der Waals surface area contributed by atoms with Gasteiger partial charge in [0, 0.05) is 13.6 Å². The Morgan fingerprint density at radius 1 is 1.40 bits per heavy atom. The van der Waals surface area contributed by atoms with E-state index in [-0.39, 0.29) is 25.1 Å². The average Bonchev–Trinajstić information content (AvgIpc) is 2.61. The van der Waals surface area contributed by atoms with E-state index in [1.54, 1.807) is 24.3 Å². The standard InChI is InChI=1S/C17H18N4O4/c1-12(16(23)20(2)9-5-8-18)25-15(22)10-21-11-19-14-7-4-3-6-13(14)17(21)24/h3-4,6-7,11-12H,5,9-10H2,1-2H3/t12-/m0/s1. The molecule has 0 aliphatic carbocycles. The number of fused-ring (bicyclic) bond motifs is 1. The van der Waals surface area contributed by atoms with E-state index in [0.29, 0.717) is 10.9 Å². The lowest BCUT2D eigenvalue weighted by atomic mass is 10.2. The highest BCUT2D eigenvalue weighted by Gasteiger charge is 2.21. The quantitative estimate of drug-likeness (QED) is 0.716. The maximum absolute atomic E-state index is 12.3. The third-order valence-electron chi connectivity index (χ3n) is 3.62. The molecule has 1 aromatic heterocycles. The lowest BCUT2D eigenvalue weighted by Crippen LogP contribution is -2.38. The Balaban J connectivity index is 2.03. The number of ether oxygens (including phenoxy) is 1. The monoisotopic (exact) mass is 342 g/mol. The molecule has 1 heterocycles. The summed E-state index contributed by atoms with van der Waals surface area (Å²) >= 11 is 0. The summed E-state index contributed by atoms with van der Waals surface area (Å²) in [5, 5.41) is 8.94. The molecule has 1 atom stereocenters. The molecule has 0 radical (unpaired) electrons. The highest BCUT2D eigenvalue weighted by molar-refractivity contribution is 5.83. The summed E-state index contributed by atoms with van der Waals surface area (Å²) in [4.78, 5) is 41.8. The van der Waals surface area contributed by atoms with Crippen molar-refractivity contribution in [3.05, 3.63) is 40.9 Å². The van der Waals surface area contributed by atoms with Crippen molar-refractivity contribution in [2.75, 3.05) is 13.6 Å². The van der Waals surface area contributed by atoms with Gasteiger partial charge in [0.25, 0.3) is 11.5 Å². The van der Waals surface area contributed by atoms with Crippen LogP contribution in [0.2, 0.25) is 0 Å². The van der Waals surface area contributed by atoms with Gasteiger partial charge >= 0.3 is 5.97 Å². The molecule has 0 bridgehead atoms. The zero-order valence-electron chi connectivity index (χ0n) is 14.0. The van der Waals surface area contributed by atoms with Gasteiger partial charge in [-0.15, -0.1) is 0 Å². The first-order valence-electron chi connectivity index (χ1n) is 7.69. The van der Waals surface area contributed by atoms with Gasteiger partial charge in [-0.25, -0.2) is 4.98 Å². The fourth-order valence-electron chi connectivity index (χ4n) is 2.28. The molecule has 8 heteroatoms. The zero-order chi connectivity index (χ0) is 18.4. The molecule has 2 rings (SSSR count). The molecule has 0 aliphatic heterocycles. The van der Waals surface area contributed by atoms with E-state index < -0.39 is 18.0 Å². The number of nitrogens with zero attached hydrogens (tertiary/aromatic N) is 4. The summed E-state index contributed by atoms with van der Waals surface area (Å²) in [5.74, 6) is -1.12. The van der Waals surface area contributed by atoms with Crippen molar-refractivity contribution >= 4 is 22.8 Å². The minimum Gasteiger partial charge on any atom is -0.451 e. The number of rotatable bonds is 6. The summed E-state index contributed by atoms with van der Waals surface area (Å²) in [6.07, 6.45) is 0.471. The van der Waals surface area contributed by atoms with E-state index in [4.69, 9.17) is 10.00 Å². The van der Waals surface area contributed by atoms with Crippen molar-refractivity contribution in [1.29, 1.82) is 5.26 Å². The third kappa shape index (κ3) is 4.41. The average molecular weight is 342 g/mol. The molecular weight excluding hydrogens is 324 g/mol. The second-order valence-corrected chi connectivity index (χ2v) is 5.49. The van der Waals surface area contributed by atoms with Gasteiger partial charge in [0.15, 0.2) is 6.10 Å². The molecule has 2 aromatic rings. The summed E-state index contributed by atoms with van der Waals surface area (Å²) in [6.45, 7) is 1.37. The number of likely N-dealkylation sites (N-methyl/N-ethyl adjacent to an activating group) is 1. The number of para-hydroxylation sites is 1. The fraction of sp³-hybridized carbons (Fsp3) is 0.353. The number of hydrogen-bond acceptors (Lipinski definition) is 6. The third-order valence-corrected chi connectivity index (χ3v) is 3.62. The van der Waals surface area contributed by atoms with E-state index in [1.165, 1.54) is 25.2 Å². The topological polar surface area (TPSA) is 105 Å². The lowest BCUT2D eigenvalue weighted by Gasteiger charge is -2.20. The maximum atomic E-state index is 12.3. The number of carbonyl (C=O) groups excluding carboxylic acids is 2. The molecule has 0 saturated heterocycles. The molecule has 130 valence electrons. The number of aromatic nitrogens is 2. The second kappa shape index (κ2) is 8.06. The highest BCUT2D eigenvalue weighted by Crippen LogP contribution is 2.05. The van der Waals surface area contributed by atoms with Crippen LogP contribution in [-0.2, 0) is 20.9 Å². The van der Waals surface area contributed by atoms with Gasteiger partial charge in [0.1, 0.15) is 6.54 Å². The first kappa shape index (κ1) is 18.1. The SMILES string of the molecule is C[C@H](OC(=O)Cn1cnc2ccccc2c1=O)C(=O)N(C)CCC#N. The van der Waals surface area contributed by atoms with Crippen LogP contribution in [0.5, 0.6) is 0 Å². The largest absolute Gasteiger partial charge is 0.451 e. The van der Waals surface area contributed by atoms with Crippen LogP contribution in [0.3, 0.4) is 0 Å². The molecule has 0 spiro atoms. The number of benzene rings is 1. The van der Waals surface area contributed by atoms with Gasteiger partial charge in [-0.3, -0.25) is 19.0 Å². The van der Waals surface area contributed by atoms with Gasteiger partial charge in [-0.05, 0) is 19.1 Å². The van der Waals surface area contributed by atoms with E-state index in [0.717, 1.165) is 4.57 Å². The van der Waals surface area contributed by atoms with Crippen molar-refractivity contribution in [2.24, 2.45) is 0 Å². The molecule has 0 unspecified atom stereocenters. The first-order chi connectivity index (χ1) is 11.9. The van der Waals surface area contributed by atoms with E-state index >= 15 is 0 Å². The predicted octanol–water partition coefficient (Wildman–Crippen LogP) is 0.700. The van der Waals surface area contributed by atoms with Gasteiger partial charge < -0.3 is 9.64 Å². The second-order valence-electron chi connectivity index (χ2n) is 5.49. The molecular formula is C17H18N4O4. The first-order valence-corrected chi connectivity index (χ1v) is 7.69. The van der Waals surface area contributed by atoms with Gasteiger partial charge in [-0.1, -0.05) is 12.1 Å². The van der Waals surface area contributed by atoms with Crippen molar-refractivity contribution in [1.82, 2.24) is 14.5 Å². The molecule has 1 aromatic carbocycles. The summed E-state index contributed by atoms with van der Waals surface area (Å²) in [6, 6.07) is 8.75. The minimum absolute atomic E-state index is 0.195. The van der Waals surface area contributed by atoms with Crippen LogP contribution in [0, 0.1) is 11.3 Å². The van der Waals surface area contributed by atoms with Crippen molar-refractivity contribution in [3.63, 3.8) is 0 Å². The minimum atomic E-state index is -1.000. The van der Waals surface area contributed by atoms with Crippen LogP contribution in [0.25, 0.3) is 10.9 Å². The zero-order valence-corrected chi connectivity index (χ0v) is 14.0. The number of hydrogen-bond donors (Lipinski definition) is 0. The van der Waals surface area contributed by atoms with Crippen molar-refractivity contribution in [3.8, 4) is 6.07 Å². The molecule has 0 fully saturated rings. The Morgan fingerprint density at radius 3 is 2.84 bits per heavy atom. The lowest BCUT2D eigenvalue weighted by molar-refractivity contribution is -0.159. The molecule has 0 aliphatic rings.